The summed E-state index contributed by atoms with van der Waals surface area (Å²) < 4.78 is 8.25. The van der Waals surface area contributed by atoms with E-state index in [1.54, 1.807) is 0 Å². The molecule has 1 atom stereocenters. The number of carboxylic acids is 2. The van der Waals surface area contributed by atoms with Gasteiger partial charge in [-0.1, -0.05) is 49.9 Å². The van der Waals surface area contributed by atoms with E-state index >= 15 is 0 Å². The summed E-state index contributed by atoms with van der Waals surface area (Å²) in [6, 6.07) is 7.89. The molecule has 7 nitrogen and oxygen atoms in total. The number of carbonyl (C=O) groups is 2. The number of rotatable bonds is 10. The van der Waals surface area contributed by atoms with Gasteiger partial charge < -0.3 is 19.5 Å². The maximum atomic E-state index is 9.10. The molecule has 0 amide bonds. The summed E-state index contributed by atoms with van der Waals surface area (Å²) in [5.74, 6) is -3.65. The van der Waals surface area contributed by atoms with Gasteiger partial charge in [-0.2, -0.15) is 0 Å². The normalized spacial score (nSPS) is 11.4. The van der Waals surface area contributed by atoms with Crippen LogP contribution in [0.2, 0.25) is 5.02 Å². The molecule has 0 saturated carbocycles. The second-order valence-electron chi connectivity index (χ2n) is 6.25. The van der Waals surface area contributed by atoms with Gasteiger partial charge in [0.15, 0.2) is 0 Å². The van der Waals surface area contributed by atoms with E-state index in [1.165, 1.54) is 24.8 Å². The molecule has 2 aromatic rings. The number of hydrogen-bond donors (Lipinski definition) is 2. The molecule has 0 saturated heterocycles. The van der Waals surface area contributed by atoms with Crippen molar-refractivity contribution in [1.82, 2.24) is 9.55 Å². The molecule has 0 fully saturated rings. The first kappa shape index (κ1) is 23.7. The molecule has 0 radical (unpaired) electrons. The Labute approximate surface area is 169 Å². The van der Waals surface area contributed by atoms with Crippen LogP contribution in [0.4, 0.5) is 0 Å². The number of imidazole rings is 1. The second-order valence-corrected chi connectivity index (χ2v) is 6.69. The fourth-order valence-corrected chi connectivity index (χ4v) is 2.57. The van der Waals surface area contributed by atoms with Crippen LogP contribution in [0.1, 0.15) is 44.6 Å². The van der Waals surface area contributed by atoms with Crippen LogP contribution in [0.25, 0.3) is 0 Å². The van der Waals surface area contributed by atoms with Gasteiger partial charge in [0.1, 0.15) is 0 Å². The summed E-state index contributed by atoms with van der Waals surface area (Å²) in [6.07, 6.45) is 11.9. The highest BCUT2D eigenvalue weighted by Gasteiger charge is 2.10. The number of hydrogen-bond acceptors (Lipinski definition) is 4. The Hall–Kier alpha value is -2.38. The fraction of sp³-hybridized carbons (Fsp3) is 0.450. The van der Waals surface area contributed by atoms with Crippen molar-refractivity contribution in [3.05, 3.63) is 53.6 Å². The number of ether oxygens (including phenoxy) is 1. The van der Waals surface area contributed by atoms with Crippen LogP contribution >= 0.6 is 11.6 Å². The zero-order chi connectivity index (χ0) is 20.8. The van der Waals surface area contributed by atoms with E-state index in [2.05, 4.69) is 16.5 Å². The van der Waals surface area contributed by atoms with Crippen LogP contribution in [0.15, 0.2) is 43.0 Å². The van der Waals surface area contributed by atoms with Crippen molar-refractivity contribution in [3.63, 3.8) is 0 Å². The number of aromatic nitrogens is 2. The predicted molar refractivity (Wildman–Crippen MR) is 106 cm³/mol. The van der Waals surface area contributed by atoms with Crippen LogP contribution < -0.4 is 0 Å². The molecule has 2 N–H and O–H groups in total. The summed E-state index contributed by atoms with van der Waals surface area (Å²) in [5, 5.41) is 15.5. The lowest BCUT2D eigenvalue weighted by Crippen LogP contribution is -2.16. The van der Waals surface area contributed by atoms with Crippen molar-refractivity contribution < 1.29 is 24.5 Å². The monoisotopic (exact) mass is 410 g/mol. The molecule has 1 aromatic heterocycles. The molecular formula is C20H27ClN2O5. The van der Waals surface area contributed by atoms with Gasteiger partial charge in [-0.15, -0.1) is 0 Å². The minimum absolute atomic E-state index is 0.296. The second kappa shape index (κ2) is 13.7. The fourth-order valence-electron chi connectivity index (χ4n) is 2.44. The maximum Gasteiger partial charge on any atom is 0.414 e. The number of unbranched alkanes of at least 4 members (excludes halogenated alkanes) is 2. The third-order valence-electron chi connectivity index (χ3n) is 3.98. The van der Waals surface area contributed by atoms with Crippen LogP contribution in [0.5, 0.6) is 0 Å². The topological polar surface area (TPSA) is 102 Å². The average molecular weight is 411 g/mol. The van der Waals surface area contributed by atoms with E-state index in [1.807, 2.05) is 43.0 Å². The van der Waals surface area contributed by atoms with Gasteiger partial charge in [-0.3, -0.25) is 0 Å². The van der Waals surface area contributed by atoms with E-state index < -0.39 is 11.9 Å². The number of carboxylic acid groups (broad SMARTS) is 2. The molecule has 1 aromatic carbocycles. The van der Waals surface area contributed by atoms with E-state index in [0.717, 1.165) is 24.4 Å². The highest BCUT2D eigenvalue weighted by molar-refractivity contribution is 6.30. The van der Waals surface area contributed by atoms with Gasteiger partial charge in [0.2, 0.25) is 0 Å². The molecule has 28 heavy (non-hydrogen) atoms. The highest BCUT2D eigenvalue weighted by Crippen LogP contribution is 2.16. The van der Waals surface area contributed by atoms with Gasteiger partial charge in [-0.05, 0) is 30.5 Å². The van der Waals surface area contributed by atoms with Crippen molar-refractivity contribution in [2.45, 2.75) is 58.3 Å². The van der Waals surface area contributed by atoms with Gasteiger partial charge in [0.25, 0.3) is 0 Å². The molecule has 1 unspecified atom stereocenters. The van der Waals surface area contributed by atoms with Gasteiger partial charge >= 0.3 is 11.9 Å². The molecule has 0 aliphatic rings. The quantitative estimate of drug-likeness (QED) is 0.448. The summed E-state index contributed by atoms with van der Waals surface area (Å²) in [5.41, 5.74) is 1.17. The SMILES string of the molecule is CCCCCC(CCn1ccnc1)OCc1ccc(Cl)cc1.O=C(O)C(=O)O. The number of halogens is 1. The Morgan fingerprint density at radius 2 is 1.82 bits per heavy atom. The lowest BCUT2D eigenvalue weighted by molar-refractivity contribution is -0.159. The summed E-state index contributed by atoms with van der Waals surface area (Å²) in [7, 11) is 0. The molecule has 1 heterocycles. The Balaban J connectivity index is 0.000000568. The molecule has 0 aliphatic heterocycles. The van der Waals surface area contributed by atoms with Crippen molar-refractivity contribution in [1.29, 1.82) is 0 Å². The standard InChI is InChI=1S/C18H25ClN2O.C2H2O4/c1-2-3-4-5-18(10-12-21-13-11-20-15-21)22-14-16-6-8-17(19)9-7-16;3-1(4)2(5)6/h6-9,11,13,15,18H,2-5,10,12,14H2,1H3;(H,3,4)(H,5,6). The van der Waals surface area contributed by atoms with E-state index in [0.29, 0.717) is 12.7 Å². The maximum absolute atomic E-state index is 9.10. The highest BCUT2D eigenvalue weighted by atomic mass is 35.5. The Morgan fingerprint density at radius 1 is 1.14 bits per heavy atom. The average Bonchev–Trinajstić information content (AvgIpc) is 3.19. The first-order valence-electron chi connectivity index (χ1n) is 9.20. The van der Waals surface area contributed by atoms with Crippen molar-refractivity contribution in [2.75, 3.05) is 0 Å². The third-order valence-corrected chi connectivity index (χ3v) is 4.23. The van der Waals surface area contributed by atoms with Crippen molar-refractivity contribution >= 4 is 23.5 Å². The molecule has 0 aliphatic carbocycles. The number of aliphatic carboxylic acids is 2. The van der Waals surface area contributed by atoms with E-state index in [-0.39, 0.29) is 0 Å². The first-order chi connectivity index (χ1) is 13.4. The van der Waals surface area contributed by atoms with Gasteiger partial charge in [-0.25, -0.2) is 14.6 Å². The first-order valence-corrected chi connectivity index (χ1v) is 9.58. The minimum Gasteiger partial charge on any atom is -0.473 e. The summed E-state index contributed by atoms with van der Waals surface area (Å²) in [6.45, 7) is 3.84. The van der Waals surface area contributed by atoms with E-state index in [4.69, 9.17) is 36.1 Å². The Kier molecular flexibility index (Phi) is 11.6. The zero-order valence-electron chi connectivity index (χ0n) is 16.0. The zero-order valence-corrected chi connectivity index (χ0v) is 16.7. The molecule has 154 valence electrons. The molecule has 8 heteroatoms. The van der Waals surface area contributed by atoms with Crippen LogP contribution in [0.3, 0.4) is 0 Å². The Morgan fingerprint density at radius 3 is 2.36 bits per heavy atom. The summed E-state index contributed by atoms with van der Waals surface area (Å²) >= 11 is 5.92. The van der Waals surface area contributed by atoms with Crippen molar-refractivity contribution in [3.8, 4) is 0 Å². The molecular weight excluding hydrogens is 384 g/mol. The lowest BCUT2D eigenvalue weighted by Gasteiger charge is -2.18. The van der Waals surface area contributed by atoms with Crippen LogP contribution in [-0.4, -0.2) is 37.8 Å². The number of nitrogens with zero attached hydrogens (tertiary/aromatic N) is 2. The minimum atomic E-state index is -1.82. The predicted octanol–water partition coefficient (Wildman–Crippen LogP) is 4.25. The van der Waals surface area contributed by atoms with Gasteiger partial charge in [0, 0.05) is 24.0 Å². The molecule has 2 rings (SSSR count). The Bertz CT molecular complexity index is 677. The van der Waals surface area contributed by atoms with Gasteiger partial charge in [0.05, 0.1) is 19.0 Å². The number of benzene rings is 1. The largest absolute Gasteiger partial charge is 0.473 e. The lowest BCUT2D eigenvalue weighted by atomic mass is 10.1. The van der Waals surface area contributed by atoms with Crippen LogP contribution in [-0.2, 0) is 27.5 Å². The molecule has 0 bridgehead atoms. The number of aryl methyl sites for hydroxylation is 1. The van der Waals surface area contributed by atoms with Crippen LogP contribution in [0, 0.1) is 0 Å². The molecule has 0 spiro atoms. The van der Waals surface area contributed by atoms with Crippen molar-refractivity contribution in [2.24, 2.45) is 0 Å². The summed E-state index contributed by atoms with van der Waals surface area (Å²) in [4.78, 5) is 22.3. The smallest absolute Gasteiger partial charge is 0.414 e. The van der Waals surface area contributed by atoms with E-state index in [9.17, 15) is 0 Å². The third kappa shape index (κ3) is 10.7.